The minimum Gasteiger partial charge on any atom is -0.353 e. The van der Waals surface area contributed by atoms with E-state index in [9.17, 15) is 9.59 Å². The van der Waals surface area contributed by atoms with Gasteiger partial charge in [0.25, 0.3) is 0 Å². The first-order valence-electron chi connectivity index (χ1n) is 8.05. The van der Waals surface area contributed by atoms with E-state index in [1.165, 1.54) is 6.42 Å². The Kier molecular flexibility index (Phi) is 2.98. The number of fused-ring (bicyclic) bond motifs is 3. The SMILES string of the molecule is O=C1CCC2CN(C(=O)C3CC4CCC3N4)CCC2N1. The topological polar surface area (TPSA) is 61.4 Å². The van der Waals surface area contributed by atoms with Gasteiger partial charge in [-0.2, -0.15) is 0 Å². The molecule has 0 aromatic carbocycles. The summed E-state index contributed by atoms with van der Waals surface area (Å²) in [6, 6.07) is 1.31. The summed E-state index contributed by atoms with van der Waals surface area (Å²) in [6.45, 7) is 1.66. The van der Waals surface area contributed by atoms with Crippen molar-refractivity contribution in [2.75, 3.05) is 13.1 Å². The van der Waals surface area contributed by atoms with E-state index in [2.05, 4.69) is 15.5 Å². The quantitative estimate of drug-likeness (QED) is 0.722. The lowest BCUT2D eigenvalue weighted by Gasteiger charge is -2.42. The fraction of sp³-hybridized carbons (Fsp3) is 0.867. The van der Waals surface area contributed by atoms with Crippen LogP contribution in [0.1, 0.15) is 38.5 Å². The summed E-state index contributed by atoms with van der Waals surface area (Å²) in [4.78, 5) is 26.2. The van der Waals surface area contributed by atoms with Crippen molar-refractivity contribution >= 4 is 11.8 Å². The third kappa shape index (κ3) is 2.03. The normalized spacial score (nSPS) is 43.3. The Balaban J connectivity index is 1.40. The van der Waals surface area contributed by atoms with Gasteiger partial charge in [-0.1, -0.05) is 0 Å². The van der Waals surface area contributed by atoms with E-state index in [1.807, 2.05) is 0 Å². The van der Waals surface area contributed by atoms with Crippen LogP contribution < -0.4 is 10.6 Å². The Bertz CT molecular complexity index is 439. The molecule has 0 aromatic rings. The number of rotatable bonds is 1. The number of carbonyl (C=O) groups is 2. The second-order valence-corrected chi connectivity index (χ2v) is 6.94. The smallest absolute Gasteiger partial charge is 0.227 e. The second-order valence-electron chi connectivity index (χ2n) is 6.94. The zero-order chi connectivity index (χ0) is 13.7. The van der Waals surface area contributed by atoms with Crippen molar-refractivity contribution in [2.24, 2.45) is 11.8 Å². The predicted octanol–water partition coefficient (Wildman–Crippen LogP) is 0.254. The molecule has 4 heterocycles. The highest BCUT2D eigenvalue weighted by Crippen LogP contribution is 2.35. The van der Waals surface area contributed by atoms with Gasteiger partial charge in [-0.05, 0) is 38.0 Å². The molecule has 2 bridgehead atoms. The maximum Gasteiger partial charge on any atom is 0.227 e. The van der Waals surface area contributed by atoms with Crippen LogP contribution in [-0.2, 0) is 9.59 Å². The number of hydrogen-bond acceptors (Lipinski definition) is 3. The summed E-state index contributed by atoms with van der Waals surface area (Å²) in [5, 5.41) is 6.64. The zero-order valence-electron chi connectivity index (χ0n) is 11.8. The van der Waals surface area contributed by atoms with E-state index >= 15 is 0 Å². The molecule has 0 radical (unpaired) electrons. The lowest BCUT2D eigenvalue weighted by atomic mass is 9.83. The van der Waals surface area contributed by atoms with Crippen LogP contribution in [0.4, 0.5) is 0 Å². The highest BCUT2D eigenvalue weighted by atomic mass is 16.2. The summed E-state index contributed by atoms with van der Waals surface area (Å²) < 4.78 is 0. The van der Waals surface area contributed by atoms with Crippen LogP contribution in [0.25, 0.3) is 0 Å². The van der Waals surface area contributed by atoms with Crippen molar-refractivity contribution in [2.45, 2.75) is 56.7 Å². The molecule has 0 spiro atoms. The molecule has 4 fully saturated rings. The Morgan fingerprint density at radius 1 is 1.15 bits per heavy atom. The molecule has 0 aliphatic carbocycles. The van der Waals surface area contributed by atoms with Gasteiger partial charge in [0, 0.05) is 37.6 Å². The molecule has 5 heteroatoms. The Labute approximate surface area is 119 Å². The van der Waals surface area contributed by atoms with E-state index in [0.717, 1.165) is 38.8 Å². The molecule has 0 saturated carbocycles. The predicted molar refractivity (Wildman–Crippen MR) is 73.9 cm³/mol. The molecule has 5 nitrogen and oxygen atoms in total. The molecule has 4 aliphatic heterocycles. The van der Waals surface area contributed by atoms with Gasteiger partial charge in [0.2, 0.25) is 11.8 Å². The molecule has 4 aliphatic rings. The van der Waals surface area contributed by atoms with Crippen molar-refractivity contribution in [1.29, 1.82) is 0 Å². The number of piperidine rings is 2. The summed E-state index contributed by atoms with van der Waals surface area (Å²) in [5.74, 6) is 1.23. The van der Waals surface area contributed by atoms with Crippen LogP contribution in [-0.4, -0.2) is 47.9 Å². The zero-order valence-corrected chi connectivity index (χ0v) is 11.8. The molecule has 4 saturated heterocycles. The first-order chi connectivity index (χ1) is 9.70. The van der Waals surface area contributed by atoms with Crippen LogP contribution in [0, 0.1) is 11.8 Å². The van der Waals surface area contributed by atoms with Gasteiger partial charge in [-0.3, -0.25) is 9.59 Å². The van der Waals surface area contributed by atoms with Gasteiger partial charge in [-0.15, -0.1) is 0 Å². The minimum atomic E-state index is 0.184. The van der Waals surface area contributed by atoms with Gasteiger partial charge in [0.15, 0.2) is 0 Å². The van der Waals surface area contributed by atoms with Crippen LogP contribution in [0.3, 0.4) is 0 Å². The lowest BCUT2D eigenvalue weighted by Crippen LogP contribution is -2.56. The summed E-state index contributed by atoms with van der Waals surface area (Å²) in [7, 11) is 0. The second kappa shape index (κ2) is 4.72. The standard InChI is InChI=1S/C15H23N3O2/c19-14-4-1-9-8-18(6-5-12(9)17-14)15(20)11-7-10-2-3-13(11)16-10/h9-13,16H,1-8H2,(H,17,19). The molecule has 5 unspecified atom stereocenters. The van der Waals surface area contributed by atoms with Crippen LogP contribution in [0.5, 0.6) is 0 Å². The van der Waals surface area contributed by atoms with Gasteiger partial charge >= 0.3 is 0 Å². The van der Waals surface area contributed by atoms with Crippen LogP contribution >= 0.6 is 0 Å². The number of carbonyl (C=O) groups excluding carboxylic acids is 2. The van der Waals surface area contributed by atoms with Crippen LogP contribution in [0.15, 0.2) is 0 Å². The third-order valence-corrected chi connectivity index (χ3v) is 5.75. The Morgan fingerprint density at radius 2 is 2.05 bits per heavy atom. The maximum absolute atomic E-state index is 12.7. The fourth-order valence-electron chi connectivity index (χ4n) is 4.64. The summed E-state index contributed by atoms with van der Waals surface area (Å²) in [5.41, 5.74) is 0. The average Bonchev–Trinajstić information content (AvgIpc) is 3.08. The van der Waals surface area contributed by atoms with E-state index in [1.54, 1.807) is 0 Å². The molecule has 2 N–H and O–H groups in total. The van der Waals surface area contributed by atoms with E-state index in [-0.39, 0.29) is 11.8 Å². The van der Waals surface area contributed by atoms with Gasteiger partial charge in [0.1, 0.15) is 0 Å². The fourth-order valence-corrected chi connectivity index (χ4v) is 4.64. The van der Waals surface area contributed by atoms with Gasteiger partial charge in [-0.25, -0.2) is 0 Å². The number of nitrogens with one attached hydrogen (secondary N) is 2. The Hall–Kier alpha value is -1.10. The first kappa shape index (κ1) is 12.6. The lowest BCUT2D eigenvalue weighted by molar-refractivity contribution is -0.139. The molecule has 110 valence electrons. The van der Waals surface area contributed by atoms with E-state index in [0.29, 0.717) is 36.4 Å². The number of nitrogens with zero attached hydrogens (tertiary/aromatic N) is 1. The molecular weight excluding hydrogens is 254 g/mol. The number of hydrogen-bond donors (Lipinski definition) is 2. The molecular formula is C15H23N3O2. The van der Waals surface area contributed by atoms with Crippen molar-refractivity contribution in [3.63, 3.8) is 0 Å². The van der Waals surface area contributed by atoms with Crippen molar-refractivity contribution < 1.29 is 9.59 Å². The molecule has 20 heavy (non-hydrogen) atoms. The molecule has 0 aromatic heterocycles. The Morgan fingerprint density at radius 3 is 2.80 bits per heavy atom. The van der Waals surface area contributed by atoms with Crippen molar-refractivity contribution in [3.05, 3.63) is 0 Å². The summed E-state index contributed by atoms with van der Waals surface area (Å²) >= 11 is 0. The monoisotopic (exact) mass is 277 g/mol. The minimum absolute atomic E-state index is 0.184. The van der Waals surface area contributed by atoms with E-state index in [4.69, 9.17) is 0 Å². The number of likely N-dealkylation sites (tertiary alicyclic amines) is 1. The van der Waals surface area contributed by atoms with Crippen LogP contribution in [0.2, 0.25) is 0 Å². The van der Waals surface area contributed by atoms with Gasteiger partial charge in [0.05, 0.1) is 5.92 Å². The summed E-state index contributed by atoms with van der Waals surface area (Å²) in [6.07, 6.45) is 5.93. The first-order valence-corrected chi connectivity index (χ1v) is 8.05. The maximum atomic E-state index is 12.7. The molecule has 5 atom stereocenters. The third-order valence-electron chi connectivity index (χ3n) is 5.75. The largest absolute Gasteiger partial charge is 0.353 e. The highest BCUT2D eigenvalue weighted by molar-refractivity contribution is 5.81. The van der Waals surface area contributed by atoms with E-state index < -0.39 is 0 Å². The molecule has 2 amide bonds. The molecule has 4 rings (SSSR count). The average molecular weight is 277 g/mol. The highest BCUT2D eigenvalue weighted by Gasteiger charge is 2.45. The van der Waals surface area contributed by atoms with Crippen molar-refractivity contribution in [1.82, 2.24) is 15.5 Å². The number of amides is 2. The van der Waals surface area contributed by atoms with Gasteiger partial charge < -0.3 is 15.5 Å². The van der Waals surface area contributed by atoms with Crippen molar-refractivity contribution in [3.8, 4) is 0 Å².